The number of hydrogen-bond donors (Lipinski definition) is 1. The molecule has 2 aromatic rings. The van der Waals surface area contributed by atoms with Crippen LogP contribution >= 0.6 is 0 Å². The van der Waals surface area contributed by atoms with E-state index < -0.39 is 0 Å². The summed E-state index contributed by atoms with van der Waals surface area (Å²) >= 11 is 0. The second-order valence-corrected chi connectivity index (χ2v) is 4.93. The average Bonchev–Trinajstić information content (AvgIpc) is 3.08. The van der Waals surface area contributed by atoms with Gasteiger partial charge in [-0.2, -0.15) is 4.98 Å². The average molecular weight is 271 g/mol. The van der Waals surface area contributed by atoms with E-state index in [0.717, 1.165) is 17.7 Å². The summed E-state index contributed by atoms with van der Waals surface area (Å²) in [5.41, 5.74) is 6.88. The molecule has 1 aromatic heterocycles. The van der Waals surface area contributed by atoms with Crippen LogP contribution in [0.2, 0.25) is 0 Å². The summed E-state index contributed by atoms with van der Waals surface area (Å²) < 4.78 is 10.7. The van der Waals surface area contributed by atoms with E-state index in [-0.39, 0.29) is 12.0 Å². The van der Waals surface area contributed by atoms with Crippen molar-refractivity contribution in [3.05, 3.63) is 53.7 Å². The van der Waals surface area contributed by atoms with Gasteiger partial charge < -0.3 is 15.0 Å². The normalized spacial score (nSPS) is 21.3. The minimum absolute atomic E-state index is 0.0876. The molecular weight excluding hydrogens is 254 g/mol. The predicted molar refractivity (Wildman–Crippen MR) is 74.6 cm³/mol. The molecule has 1 heterocycles. The SMILES string of the molecule is COc1ccccc1Cc1noc(C2C=CC(N)C2)n1. The molecule has 104 valence electrons. The number of aromatic nitrogens is 2. The largest absolute Gasteiger partial charge is 0.496 e. The van der Waals surface area contributed by atoms with Crippen molar-refractivity contribution in [2.45, 2.75) is 24.8 Å². The Morgan fingerprint density at radius 3 is 2.95 bits per heavy atom. The predicted octanol–water partition coefficient (Wildman–Crippen LogP) is 2.04. The molecule has 1 aromatic carbocycles. The van der Waals surface area contributed by atoms with Crippen molar-refractivity contribution in [3.63, 3.8) is 0 Å². The van der Waals surface area contributed by atoms with E-state index in [9.17, 15) is 0 Å². The van der Waals surface area contributed by atoms with Crippen molar-refractivity contribution >= 4 is 0 Å². The summed E-state index contributed by atoms with van der Waals surface area (Å²) in [7, 11) is 1.66. The molecule has 0 fully saturated rings. The van der Waals surface area contributed by atoms with Gasteiger partial charge in [0.25, 0.3) is 0 Å². The van der Waals surface area contributed by atoms with E-state index in [2.05, 4.69) is 10.1 Å². The number of ether oxygens (including phenoxy) is 1. The molecule has 0 spiro atoms. The van der Waals surface area contributed by atoms with Crippen LogP contribution in [-0.2, 0) is 6.42 Å². The van der Waals surface area contributed by atoms with Crippen LogP contribution in [0.25, 0.3) is 0 Å². The highest BCUT2D eigenvalue weighted by molar-refractivity contribution is 5.35. The molecule has 0 radical (unpaired) electrons. The zero-order valence-electron chi connectivity index (χ0n) is 11.3. The topological polar surface area (TPSA) is 74.2 Å². The number of hydrogen-bond acceptors (Lipinski definition) is 5. The number of para-hydroxylation sites is 1. The maximum absolute atomic E-state index is 5.84. The van der Waals surface area contributed by atoms with E-state index >= 15 is 0 Å². The molecule has 2 N–H and O–H groups in total. The van der Waals surface area contributed by atoms with Gasteiger partial charge in [-0.15, -0.1) is 0 Å². The molecule has 0 bridgehead atoms. The highest BCUT2D eigenvalue weighted by atomic mass is 16.5. The molecule has 1 aliphatic rings. The van der Waals surface area contributed by atoms with Crippen molar-refractivity contribution < 1.29 is 9.26 Å². The Kier molecular flexibility index (Phi) is 3.52. The van der Waals surface area contributed by atoms with Crippen LogP contribution in [0.4, 0.5) is 0 Å². The summed E-state index contributed by atoms with van der Waals surface area (Å²) in [6, 6.07) is 7.92. The highest BCUT2D eigenvalue weighted by Gasteiger charge is 2.23. The summed E-state index contributed by atoms with van der Waals surface area (Å²) in [6.07, 6.45) is 5.44. The molecule has 2 unspecified atom stereocenters. The van der Waals surface area contributed by atoms with Gasteiger partial charge >= 0.3 is 0 Å². The Labute approximate surface area is 117 Å². The Morgan fingerprint density at radius 1 is 1.35 bits per heavy atom. The Balaban J connectivity index is 1.76. The lowest BCUT2D eigenvalue weighted by Crippen LogP contribution is -2.14. The number of allylic oxidation sites excluding steroid dienone is 1. The minimum Gasteiger partial charge on any atom is -0.496 e. The van der Waals surface area contributed by atoms with Gasteiger partial charge in [-0.3, -0.25) is 0 Å². The van der Waals surface area contributed by atoms with Crippen LogP contribution < -0.4 is 10.5 Å². The number of rotatable bonds is 4. The smallest absolute Gasteiger partial charge is 0.233 e. The monoisotopic (exact) mass is 271 g/mol. The van der Waals surface area contributed by atoms with Gasteiger partial charge in [-0.1, -0.05) is 35.5 Å². The molecule has 0 saturated carbocycles. The fourth-order valence-corrected chi connectivity index (χ4v) is 2.42. The van der Waals surface area contributed by atoms with Gasteiger partial charge in [-0.25, -0.2) is 0 Å². The summed E-state index contributed by atoms with van der Waals surface area (Å²) in [6.45, 7) is 0. The Hall–Kier alpha value is -2.14. The highest BCUT2D eigenvalue weighted by Crippen LogP contribution is 2.27. The molecule has 20 heavy (non-hydrogen) atoms. The van der Waals surface area contributed by atoms with E-state index in [4.69, 9.17) is 15.0 Å². The molecular formula is C15H17N3O2. The minimum atomic E-state index is 0.0876. The summed E-state index contributed by atoms with van der Waals surface area (Å²) in [4.78, 5) is 4.46. The Morgan fingerprint density at radius 2 is 2.20 bits per heavy atom. The maximum atomic E-state index is 5.84. The van der Waals surface area contributed by atoms with Crippen molar-refractivity contribution in [1.29, 1.82) is 0 Å². The van der Waals surface area contributed by atoms with Crippen LogP contribution in [-0.4, -0.2) is 23.3 Å². The van der Waals surface area contributed by atoms with E-state index in [1.165, 1.54) is 0 Å². The van der Waals surface area contributed by atoms with Gasteiger partial charge in [0.05, 0.1) is 13.0 Å². The third kappa shape index (κ3) is 2.58. The fourth-order valence-electron chi connectivity index (χ4n) is 2.42. The van der Waals surface area contributed by atoms with Gasteiger partial charge in [0.15, 0.2) is 5.82 Å². The summed E-state index contributed by atoms with van der Waals surface area (Å²) in [5, 5.41) is 4.04. The van der Waals surface area contributed by atoms with Gasteiger partial charge in [0.1, 0.15) is 5.75 Å². The number of nitrogens with zero attached hydrogens (tertiary/aromatic N) is 2. The molecule has 3 rings (SSSR count). The lowest BCUT2D eigenvalue weighted by atomic mass is 10.1. The van der Waals surface area contributed by atoms with E-state index in [1.54, 1.807) is 7.11 Å². The fraction of sp³-hybridized carbons (Fsp3) is 0.333. The third-order valence-corrected chi connectivity index (χ3v) is 3.46. The van der Waals surface area contributed by atoms with E-state index in [1.807, 2.05) is 36.4 Å². The van der Waals surface area contributed by atoms with Crippen LogP contribution in [0, 0.1) is 0 Å². The molecule has 0 saturated heterocycles. The first-order valence-corrected chi connectivity index (χ1v) is 6.64. The molecule has 1 aliphatic carbocycles. The standard InChI is InChI=1S/C15H17N3O2/c1-19-13-5-3-2-4-10(13)9-14-17-15(20-18-14)11-6-7-12(16)8-11/h2-7,11-12H,8-9,16H2,1H3. The van der Waals surface area contributed by atoms with E-state index in [0.29, 0.717) is 18.1 Å². The second-order valence-electron chi connectivity index (χ2n) is 4.93. The Bertz CT molecular complexity index is 621. The van der Waals surface area contributed by atoms with Crippen LogP contribution in [0.15, 0.2) is 40.9 Å². The first kappa shape index (κ1) is 12.9. The van der Waals surface area contributed by atoms with Crippen molar-refractivity contribution in [3.8, 4) is 5.75 Å². The second kappa shape index (κ2) is 5.46. The van der Waals surface area contributed by atoms with Crippen molar-refractivity contribution in [2.24, 2.45) is 5.73 Å². The van der Waals surface area contributed by atoms with Crippen molar-refractivity contribution in [1.82, 2.24) is 10.1 Å². The molecule has 5 nitrogen and oxygen atoms in total. The third-order valence-electron chi connectivity index (χ3n) is 3.46. The number of methoxy groups -OCH3 is 1. The lowest BCUT2D eigenvalue weighted by Gasteiger charge is -2.05. The maximum Gasteiger partial charge on any atom is 0.233 e. The molecule has 5 heteroatoms. The van der Waals surface area contributed by atoms with Crippen molar-refractivity contribution in [2.75, 3.05) is 7.11 Å². The van der Waals surface area contributed by atoms with Gasteiger partial charge in [-0.05, 0) is 12.5 Å². The van der Waals surface area contributed by atoms with Crippen LogP contribution in [0.1, 0.15) is 29.6 Å². The first-order chi connectivity index (χ1) is 9.76. The first-order valence-electron chi connectivity index (χ1n) is 6.64. The molecule has 2 atom stereocenters. The van der Waals surface area contributed by atoms with Gasteiger partial charge in [0.2, 0.25) is 5.89 Å². The van der Waals surface area contributed by atoms with Crippen LogP contribution in [0.3, 0.4) is 0 Å². The number of nitrogens with two attached hydrogens (primary N) is 1. The molecule has 0 amide bonds. The number of benzene rings is 1. The van der Waals surface area contributed by atoms with Gasteiger partial charge in [0, 0.05) is 18.0 Å². The molecule has 0 aliphatic heterocycles. The van der Waals surface area contributed by atoms with Crippen LogP contribution in [0.5, 0.6) is 5.75 Å². The quantitative estimate of drug-likeness (QED) is 0.861. The summed E-state index contributed by atoms with van der Waals surface area (Å²) in [5.74, 6) is 2.28. The lowest BCUT2D eigenvalue weighted by molar-refractivity contribution is 0.360. The zero-order valence-corrected chi connectivity index (χ0v) is 11.3. The zero-order chi connectivity index (χ0) is 13.9.